The van der Waals surface area contributed by atoms with Crippen molar-refractivity contribution in [2.24, 2.45) is 22.1 Å². The summed E-state index contributed by atoms with van der Waals surface area (Å²) in [5.41, 5.74) is 7.62. The van der Waals surface area contributed by atoms with Gasteiger partial charge in [-0.15, -0.1) is 0 Å². The summed E-state index contributed by atoms with van der Waals surface area (Å²) in [5, 5.41) is 5.55. The van der Waals surface area contributed by atoms with E-state index in [9.17, 15) is 18.8 Å². The number of nitrogens with two attached hydrogens (primary N) is 1. The van der Waals surface area contributed by atoms with Crippen LogP contribution in [0.3, 0.4) is 0 Å². The minimum Gasteiger partial charge on any atom is -0.352 e. The van der Waals surface area contributed by atoms with E-state index in [1.165, 1.54) is 12.1 Å². The minimum atomic E-state index is -0.752. The standard InChI is InChI=1S/C28H34FN5O3/c1-28(2,3)24(26(36)34-15-18(16-34)14-31-27(30)37)33-25(35)23-22-7-5-4-6-19(22)13-21(32-23)12-17-8-10-20(29)11-9-17/h4-11,18,21,24H,12-16H2,1-3H3,(H,33,35)(H3,30,31,37)/t21-,24+/m0/s1. The van der Waals surface area contributed by atoms with Gasteiger partial charge in [-0.05, 0) is 41.5 Å². The average Bonchev–Trinajstić information content (AvgIpc) is 2.81. The molecule has 0 bridgehead atoms. The van der Waals surface area contributed by atoms with Crippen molar-refractivity contribution in [3.8, 4) is 0 Å². The van der Waals surface area contributed by atoms with Crippen LogP contribution in [0.1, 0.15) is 37.5 Å². The molecule has 0 aliphatic carbocycles. The summed E-state index contributed by atoms with van der Waals surface area (Å²) in [5.74, 6) is -0.716. The summed E-state index contributed by atoms with van der Waals surface area (Å²) in [7, 11) is 0. The second-order valence-corrected chi connectivity index (χ2v) is 11.0. The number of amides is 4. The van der Waals surface area contributed by atoms with E-state index in [1.807, 2.05) is 45.0 Å². The SMILES string of the molecule is CC(C)(C)[C@H](NC(=O)C1=N[C@@H](Cc2ccc(F)cc2)Cc2ccccc21)C(=O)N1CC(CNC(N)=O)C1. The zero-order chi connectivity index (χ0) is 26.7. The summed E-state index contributed by atoms with van der Waals surface area (Å²) in [6.45, 7) is 7.13. The van der Waals surface area contributed by atoms with Gasteiger partial charge in [0.2, 0.25) is 5.91 Å². The zero-order valence-corrected chi connectivity index (χ0v) is 21.5. The molecule has 0 aromatic heterocycles. The van der Waals surface area contributed by atoms with E-state index < -0.39 is 23.4 Å². The maximum Gasteiger partial charge on any atom is 0.312 e. The van der Waals surface area contributed by atoms with Crippen molar-refractivity contribution in [3.05, 3.63) is 71.0 Å². The van der Waals surface area contributed by atoms with Crippen molar-refractivity contribution in [1.29, 1.82) is 0 Å². The number of halogens is 1. The van der Waals surface area contributed by atoms with E-state index in [1.54, 1.807) is 17.0 Å². The van der Waals surface area contributed by atoms with Gasteiger partial charge in [0.1, 0.15) is 17.6 Å². The fourth-order valence-corrected chi connectivity index (χ4v) is 4.83. The number of carbonyl (C=O) groups excluding carboxylic acids is 3. The zero-order valence-electron chi connectivity index (χ0n) is 21.5. The molecule has 2 aromatic carbocycles. The number of urea groups is 1. The van der Waals surface area contributed by atoms with Crippen LogP contribution in [0.2, 0.25) is 0 Å². The molecule has 2 aliphatic heterocycles. The molecule has 2 aliphatic rings. The number of hydrogen-bond donors (Lipinski definition) is 3. The third-order valence-electron chi connectivity index (χ3n) is 6.86. The van der Waals surface area contributed by atoms with Gasteiger partial charge in [0, 0.05) is 31.1 Å². The molecular weight excluding hydrogens is 473 g/mol. The van der Waals surface area contributed by atoms with Gasteiger partial charge in [0.15, 0.2) is 0 Å². The maximum absolute atomic E-state index is 13.6. The Balaban J connectivity index is 1.51. The van der Waals surface area contributed by atoms with E-state index in [2.05, 4.69) is 10.6 Å². The predicted molar refractivity (Wildman–Crippen MR) is 140 cm³/mol. The molecule has 0 radical (unpaired) electrons. The summed E-state index contributed by atoms with van der Waals surface area (Å²) >= 11 is 0. The largest absolute Gasteiger partial charge is 0.352 e. The first-order valence-corrected chi connectivity index (χ1v) is 12.5. The van der Waals surface area contributed by atoms with Crippen LogP contribution >= 0.6 is 0 Å². The number of fused-ring (bicyclic) bond motifs is 1. The van der Waals surface area contributed by atoms with E-state index in [0.717, 1.165) is 16.7 Å². The number of benzene rings is 2. The lowest BCUT2D eigenvalue weighted by molar-refractivity contribution is -0.144. The maximum atomic E-state index is 13.6. The van der Waals surface area contributed by atoms with Gasteiger partial charge >= 0.3 is 6.03 Å². The summed E-state index contributed by atoms with van der Waals surface area (Å²) in [4.78, 5) is 44.4. The predicted octanol–water partition coefficient (Wildman–Crippen LogP) is 2.44. The van der Waals surface area contributed by atoms with Crippen LogP contribution in [0.15, 0.2) is 53.5 Å². The highest BCUT2D eigenvalue weighted by Crippen LogP contribution is 2.27. The molecule has 196 valence electrons. The summed E-state index contributed by atoms with van der Waals surface area (Å²) in [6, 6.07) is 12.5. The second kappa shape index (κ2) is 10.7. The molecule has 9 heteroatoms. The van der Waals surface area contributed by atoms with Crippen LogP contribution in [0.25, 0.3) is 0 Å². The third-order valence-corrected chi connectivity index (χ3v) is 6.86. The molecule has 1 fully saturated rings. The van der Waals surface area contributed by atoms with Crippen molar-refractivity contribution in [3.63, 3.8) is 0 Å². The number of aliphatic imine (C=N–C) groups is 1. The first-order chi connectivity index (χ1) is 17.5. The van der Waals surface area contributed by atoms with Crippen molar-refractivity contribution >= 4 is 23.6 Å². The number of nitrogens with zero attached hydrogens (tertiary/aromatic N) is 2. The minimum absolute atomic E-state index is 0.134. The van der Waals surface area contributed by atoms with E-state index in [0.29, 0.717) is 38.2 Å². The Hall–Kier alpha value is -3.75. The van der Waals surface area contributed by atoms with E-state index in [4.69, 9.17) is 10.7 Å². The number of nitrogens with one attached hydrogen (secondary N) is 2. The average molecular weight is 508 g/mol. The van der Waals surface area contributed by atoms with E-state index >= 15 is 0 Å². The van der Waals surface area contributed by atoms with Crippen molar-refractivity contribution < 1.29 is 18.8 Å². The van der Waals surface area contributed by atoms with Crippen molar-refractivity contribution in [2.45, 2.75) is 45.7 Å². The van der Waals surface area contributed by atoms with Gasteiger partial charge in [-0.2, -0.15) is 0 Å². The quantitative estimate of drug-likeness (QED) is 0.534. The second-order valence-electron chi connectivity index (χ2n) is 11.0. The molecule has 0 unspecified atom stereocenters. The Morgan fingerprint density at radius 1 is 1.11 bits per heavy atom. The smallest absolute Gasteiger partial charge is 0.312 e. The van der Waals surface area contributed by atoms with Crippen LogP contribution in [-0.4, -0.2) is 60.2 Å². The highest BCUT2D eigenvalue weighted by atomic mass is 19.1. The molecule has 2 atom stereocenters. The molecule has 2 heterocycles. The lowest BCUT2D eigenvalue weighted by Gasteiger charge is -2.43. The summed E-state index contributed by atoms with van der Waals surface area (Å²) in [6.07, 6.45) is 1.24. The van der Waals surface area contributed by atoms with Gasteiger partial charge in [-0.3, -0.25) is 14.6 Å². The Kier molecular flexibility index (Phi) is 7.61. The molecule has 1 saturated heterocycles. The van der Waals surface area contributed by atoms with Gasteiger partial charge in [0.05, 0.1) is 6.04 Å². The Bertz CT molecular complexity index is 1200. The Morgan fingerprint density at radius 2 is 1.78 bits per heavy atom. The molecular formula is C28H34FN5O3. The van der Waals surface area contributed by atoms with Gasteiger partial charge in [0.25, 0.3) is 5.91 Å². The fraction of sp³-hybridized carbons (Fsp3) is 0.429. The summed E-state index contributed by atoms with van der Waals surface area (Å²) < 4.78 is 13.4. The van der Waals surface area contributed by atoms with E-state index in [-0.39, 0.29) is 23.7 Å². The topological polar surface area (TPSA) is 117 Å². The molecule has 0 spiro atoms. The number of hydrogen-bond acceptors (Lipinski definition) is 4. The molecule has 2 aromatic rings. The van der Waals surface area contributed by atoms with Crippen LogP contribution in [0, 0.1) is 17.2 Å². The molecule has 0 saturated carbocycles. The van der Waals surface area contributed by atoms with Gasteiger partial charge in [-0.25, -0.2) is 9.18 Å². The molecule has 4 N–H and O–H groups in total. The molecule has 4 amide bonds. The first-order valence-electron chi connectivity index (χ1n) is 12.5. The normalized spacial score (nSPS) is 18.2. The fourth-order valence-electron chi connectivity index (χ4n) is 4.83. The highest BCUT2D eigenvalue weighted by Gasteiger charge is 2.41. The Morgan fingerprint density at radius 3 is 2.43 bits per heavy atom. The number of likely N-dealkylation sites (tertiary alicyclic amines) is 1. The monoisotopic (exact) mass is 507 g/mol. The third kappa shape index (κ3) is 6.34. The number of primary amides is 1. The van der Waals surface area contributed by atoms with Crippen LogP contribution in [0.5, 0.6) is 0 Å². The lowest BCUT2D eigenvalue weighted by atomic mass is 9.84. The molecule has 37 heavy (non-hydrogen) atoms. The molecule has 8 nitrogen and oxygen atoms in total. The number of carbonyl (C=O) groups is 3. The van der Waals surface area contributed by atoms with Crippen LogP contribution in [0.4, 0.5) is 9.18 Å². The Labute approximate surface area is 216 Å². The first kappa shape index (κ1) is 26.3. The molecule has 4 rings (SSSR count). The van der Waals surface area contributed by atoms with Crippen LogP contribution < -0.4 is 16.4 Å². The van der Waals surface area contributed by atoms with Crippen LogP contribution in [-0.2, 0) is 22.4 Å². The van der Waals surface area contributed by atoms with Crippen molar-refractivity contribution in [2.75, 3.05) is 19.6 Å². The number of rotatable bonds is 7. The van der Waals surface area contributed by atoms with Crippen molar-refractivity contribution in [1.82, 2.24) is 15.5 Å². The highest BCUT2D eigenvalue weighted by molar-refractivity contribution is 6.46. The van der Waals surface area contributed by atoms with Gasteiger partial charge < -0.3 is 21.3 Å². The van der Waals surface area contributed by atoms with Gasteiger partial charge in [-0.1, -0.05) is 57.2 Å². The lowest BCUT2D eigenvalue weighted by Crippen LogP contribution is -2.62.